The molecule has 0 unspecified atom stereocenters. The first-order valence-electron chi connectivity index (χ1n) is 9.27. The third-order valence-electron chi connectivity index (χ3n) is 5.34. The number of nitrogens with zero attached hydrogens (tertiary/aromatic N) is 3. The van der Waals surface area contributed by atoms with Gasteiger partial charge in [0.15, 0.2) is 10.9 Å². The van der Waals surface area contributed by atoms with E-state index in [4.69, 9.17) is 0 Å². The van der Waals surface area contributed by atoms with Crippen molar-refractivity contribution in [1.29, 1.82) is 0 Å². The summed E-state index contributed by atoms with van der Waals surface area (Å²) in [6.45, 7) is 1.96. The molecule has 0 radical (unpaired) electrons. The summed E-state index contributed by atoms with van der Waals surface area (Å²) in [4.78, 5) is 16.1. The van der Waals surface area contributed by atoms with Gasteiger partial charge in [-0.2, -0.15) is 0 Å². The number of aromatic amines is 1. The Morgan fingerprint density at radius 1 is 1.23 bits per heavy atom. The number of para-hydroxylation sites is 1. The highest BCUT2D eigenvalue weighted by molar-refractivity contribution is 7.99. The second-order valence-corrected chi connectivity index (χ2v) is 8.06. The number of fused-ring (bicyclic) bond motifs is 1. The molecule has 0 spiro atoms. The number of nitrogens with one attached hydrogen (secondary N) is 1. The molecule has 1 saturated carbocycles. The average molecular weight is 369 g/mol. The zero-order valence-electron chi connectivity index (χ0n) is 15.3. The van der Waals surface area contributed by atoms with Crippen molar-refractivity contribution in [2.24, 2.45) is 7.05 Å². The summed E-state index contributed by atoms with van der Waals surface area (Å²) in [6, 6.07) is 7.96. The molecule has 26 heavy (non-hydrogen) atoms. The minimum Gasteiger partial charge on any atom is -0.358 e. The van der Waals surface area contributed by atoms with Crippen molar-refractivity contribution in [3.05, 3.63) is 41.3 Å². The quantitative estimate of drug-likeness (QED) is 0.527. The summed E-state index contributed by atoms with van der Waals surface area (Å²) in [5.74, 6) is 2.09. The highest BCUT2D eigenvalue weighted by atomic mass is 32.2. The number of ketones is 1. The lowest BCUT2D eigenvalue weighted by molar-refractivity contribution is 0.102. The van der Waals surface area contributed by atoms with Crippen LogP contribution in [0.15, 0.2) is 29.4 Å². The molecule has 0 amide bonds. The van der Waals surface area contributed by atoms with Crippen molar-refractivity contribution in [2.75, 3.05) is 5.75 Å². The van der Waals surface area contributed by atoms with Crippen molar-refractivity contribution in [1.82, 2.24) is 19.7 Å². The van der Waals surface area contributed by atoms with E-state index in [0.29, 0.717) is 11.7 Å². The van der Waals surface area contributed by atoms with Crippen LogP contribution in [0.5, 0.6) is 0 Å². The standard InChI is InChI=1S/C20H24N4OS/c1-13-18(15-10-6-7-11-16(15)21-13)17(25)12-26-20-23-22-19(24(20)2)14-8-4-3-5-9-14/h6-7,10-11,14,21H,3-5,8-9,12H2,1-2H3. The molecule has 0 atom stereocenters. The third-order valence-corrected chi connectivity index (χ3v) is 6.36. The number of aryl methyl sites for hydroxylation is 1. The van der Waals surface area contributed by atoms with Crippen LogP contribution >= 0.6 is 11.8 Å². The average Bonchev–Trinajstić information content (AvgIpc) is 3.19. The monoisotopic (exact) mass is 368 g/mol. The van der Waals surface area contributed by atoms with Gasteiger partial charge in [0, 0.05) is 35.1 Å². The molecule has 1 N–H and O–H groups in total. The first-order chi connectivity index (χ1) is 12.6. The molecule has 0 saturated heterocycles. The fraction of sp³-hybridized carbons (Fsp3) is 0.450. The summed E-state index contributed by atoms with van der Waals surface area (Å²) < 4.78 is 2.08. The van der Waals surface area contributed by atoms with E-state index in [9.17, 15) is 4.79 Å². The molecule has 1 fully saturated rings. The van der Waals surface area contributed by atoms with Gasteiger partial charge in [0.2, 0.25) is 0 Å². The predicted molar refractivity (Wildman–Crippen MR) is 105 cm³/mol. The normalized spacial score (nSPS) is 15.6. The maximum absolute atomic E-state index is 12.8. The molecule has 136 valence electrons. The zero-order chi connectivity index (χ0) is 18.1. The molecular formula is C20H24N4OS. The lowest BCUT2D eigenvalue weighted by atomic mass is 9.89. The number of rotatable bonds is 5. The van der Waals surface area contributed by atoms with E-state index in [-0.39, 0.29) is 5.78 Å². The largest absolute Gasteiger partial charge is 0.358 e. The van der Waals surface area contributed by atoms with Gasteiger partial charge in [0.25, 0.3) is 0 Å². The van der Waals surface area contributed by atoms with Crippen molar-refractivity contribution in [2.45, 2.75) is 50.1 Å². The number of benzene rings is 1. The Hall–Kier alpha value is -2.08. The van der Waals surface area contributed by atoms with Crippen LogP contribution < -0.4 is 0 Å². The molecule has 1 aliphatic carbocycles. The number of aromatic nitrogens is 4. The number of H-pyrrole nitrogens is 1. The van der Waals surface area contributed by atoms with Gasteiger partial charge in [-0.3, -0.25) is 4.79 Å². The molecule has 0 aliphatic heterocycles. The van der Waals surface area contributed by atoms with Crippen LogP contribution in [-0.2, 0) is 7.05 Å². The van der Waals surface area contributed by atoms with Crippen LogP contribution in [0, 0.1) is 6.92 Å². The van der Waals surface area contributed by atoms with Crippen molar-refractivity contribution in [3.63, 3.8) is 0 Å². The van der Waals surface area contributed by atoms with E-state index < -0.39 is 0 Å². The highest BCUT2D eigenvalue weighted by Crippen LogP contribution is 2.33. The number of hydrogen-bond acceptors (Lipinski definition) is 4. The van der Waals surface area contributed by atoms with Gasteiger partial charge in [-0.1, -0.05) is 49.2 Å². The molecule has 1 aromatic carbocycles. The molecule has 4 rings (SSSR count). The van der Waals surface area contributed by atoms with E-state index in [1.807, 2.05) is 38.2 Å². The fourth-order valence-corrected chi connectivity index (χ4v) is 4.80. The topological polar surface area (TPSA) is 63.6 Å². The first kappa shape index (κ1) is 17.3. The van der Waals surface area contributed by atoms with Crippen LogP contribution in [0.4, 0.5) is 0 Å². The fourth-order valence-electron chi connectivity index (χ4n) is 4.01. The Morgan fingerprint density at radius 3 is 2.81 bits per heavy atom. The van der Waals surface area contributed by atoms with Crippen LogP contribution in [0.1, 0.15) is 59.9 Å². The summed E-state index contributed by atoms with van der Waals surface area (Å²) >= 11 is 1.48. The van der Waals surface area contributed by atoms with E-state index in [1.165, 1.54) is 43.9 Å². The maximum Gasteiger partial charge on any atom is 0.191 e. The Bertz CT molecular complexity index is 937. The lowest BCUT2D eigenvalue weighted by Gasteiger charge is -2.20. The Morgan fingerprint density at radius 2 is 2.00 bits per heavy atom. The zero-order valence-corrected chi connectivity index (χ0v) is 16.1. The van der Waals surface area contributed by atoms with E-state index in [1.54, 1.807) is 0 Å². The predicted octanol–water partition coefficient (Wildman–Crippen LogP) is 4.63. The number of thioether (sulfide) groups is 1. The Labute approximate surface area is 157 Å². The summed E-state index contributed by atoms with van der Waals surface area (Å²) in [5.41, 5.74) is 2.73. The van der Waals surface area contributed by atoms with E-state index >= 15 is 0 Å². The molecule has 6 heteroatoms. The molecule has 2 aromatic heterocycles. The van der Waals surface area contributed by atoms with Crippen LogP contribution in [0.2, 0.25) is 0 Å². The summed E-state index contributed by atoms with van der Waals surface area (Å²) in [5, 5.41) is 10.6. The van der Waals surface area contributed by atoms with Gasteiger partial charge in [0.1, 0.15) is 5.82 Å². The van der Waals surface area contributed by atoms with Gasteiger partial charge in [-0.15, -0.1) is 10.2 Å². The Kier molecular flexibility index (Phi) is 4.85. The van der Waals surface area contributed by atoms with Gasteiger partial charge in [-0.05, 0) is 25.8 Å². The van der Waals surface area contributed by atoms with Crippen LogP contribution in [0.3, 0.4) is 0 Å². The number of carbonyl (C=O) groups is 1. The number of hydrogen-bond donors (Lipinski definition) is 1. The molecule has 1 aliphatic rings. The van der Waals surface area contributed by atoms with Crippen molar-refractivity contribution in [3.8, 4) is 0 Å². The second kappa shape index (κ2) is 7.27. The molecule has 0 bridgehead atoms. The van der Waals surface area contributed by atoms with Gasteiger partial charge in [-0.25, -0.2) is 0 Å². The van der Waals surface area contributed by atoms with Crippen LogP contribution in [0.25, 0.3) is 10.9 Å². The SMILES string of the molecule is Cc1[nH]c2ccccc2c1C(=O)CSc1nnc(C2CCCCC2)n1C. The van der Waals surface area contributed by atoms with Crippen molar-refractivity contribution >= 4 is 28.4 Å². The Balaban J connectivity index is 1.49. The maximum atomic E-state index is 12.8. The molecular weight excluding hydrogens is 344 g/mol. The highest BCUT2D eigenvalue weighted by Gasteiger charge is 2.23. The second-order valence-electron chi connectivity index (χ2n) is 7.12. The van der Waals surface area contributed by atoms with Gasteiger partial charge < -0.3 is 9.55 Å². The third kappa shape index (κ3) is 3.18. The van der Waals surface area contributed by atoms with Gasteiger partial charge in [0.05, 0.1) is 5.75 Å². The van der Waals surface area contributed by atoms with Gasteiger partial charge >= 0.3 is 0 Å². The minimum absolute atomic E-state index is 0.132. The van der Waals surface area contributed by atoms with E-state index in [0.717, 1.165) is 33.1 Å². The first-order valence-corrected chi connectivity index (χ1v) is 10.3. The lowest BCUT2D eigenvalue weighted by Crippen LogP contribution is -2.11. The summed E-state index contributed by atoms with van der Waals surface area (Å²) in [6.07, 6.45) is 6.28. The van der Waals surface area contributed by atoms with Crippen LogP contribution in [-0.4, -0.2) is 31.3 Å². The number of Topliss-reactive ketones (excluding diaryl/α,β-unsaturated/α-hetero) is 1. The smallest absolute Gasteiger partial charge is 0.191 e. The minimum atomic E-state index is 0.132. The summed E-state index contributed by atoms with van der Waals surface area (Å²) in [7, 11) is 2.02. The molecule has 3 aromatic rings. The van der Waals surface area contributed by atoms with Crippen molar-refractivity contribution < 1.29 is 4.79 Å². The molecule has 2 heterocycles. The number of carbonyl (C=O) groups excluding carboxylic acids is 1. The molecule has 5 nitrogen and oxygen atoms in total. The van der Waals surface area contributed by atoms with E-state index in [2.05, 4.69) is 19.7 Å².